The average molecular weight is 273 g/mol. The summed E-state index contributed by atoms with van der Waals surface area (Å²) in [6.45, 7) is 5.30. The van der Waals surface area contributed by atoms with Crippen LogP contribution in [0.3, 0.4) is 0 Å². The van der Waals surface area contributed by atoms with Crippen LogP contribution in [0.25, 0.3) is 0 Å². The average Bonchev–Trinajstić information content (AvgIpc) is 2.69. The summed E-state index contributed by atoms with van der Waals surface area (Å²) in [6, 6.07) is 7.11. The van der Waals surface area contributed by atoms with E-state index in [9.17, 15) is 9.90 Å². The van der Waals surface area contributed by atoms with Crippen LogP contribution in [0.4, 0.5) is 5.69 Å². The Kier molecular flexibility index (Phi) is 3.64. The summed E-state index contributed by atoms with van der Waals surface area (Å²) in [5.41, 5.74) is 0.119. The number of amides is 1. The molecule has 0 aliphatic carbocycles. The smallest absolute Gasteiger partial charge is 0.265 e. The monoisotopic (exact) mass is 273 g/mol. The molecule has 1 aliphatic heterocycles. The summed E-state index contributed by atoms with van der Waals surface area (Å²) >= 11 is 4.17. The van der Waals surface area contributed by atoms with E-state index < -0.39 is 11.5 Å². The molecule has 0 fully saturated rings. The first-order valence-corrected chi connectivity index (χ1v) is 6.28. The Morgan fingerprint density at radius 2 is 2.11 bits per heavy atom. The lowest BCUT2D eigenvalue weighted by molar-refractivity contribution is -0.130. The number of hydrogen-bond donors (Lipinski definition) is 3. The quantitative estimate of drug-likeness (QED) is 0.586. The highest BCUT2D eigenvalue weighted by atomic mass is 32.1. The molecular weight excluding hydrogens is 258 g/mol. The van der Waals surface area contributed by atoms with Crippen LogP contribution >= 0.6 is 12.6 Å². The Bertz CT molecular complexity index is 604. The first-order chi connectivity index (χ1) is 9.00. The summed E-state index contributed by atoms with van der Waals surface area (Å²) in [5.74, 6) is -0.435. The van der Waals surface area contributed by atoms with Gasteiger partial charge in [0.1, 0.15) is 0 Å². The van der Waals surface area contributed by atoms with Crippen molar-refractivity contribution < 1.29 is 9.90 Å². The van der Waals surface area contributed by atoms with Crippen LogP contribution in [0.15, 0.2) is 59.6 Å². The number of rotatable bonds is 3. The summed E-state index contributed by atoms with van der Waals surface area (Å²) in [5, 5.41) is 13.4. The largest absolute Gasteiger partial charge is 0.372 e. The third-order valence-corrected chi connectivity index (χ3v) is 3.51. The lowest BCUT2D eigenvalue weighted by atomic mass is 9.88. The minimum absolute atomic E-state index is 0.435. The second-order valence-corrected chi connectivity index (χ2v) is 4.87. The molecule has 98 valence electrons. The highest BCUT2D eigenvalue weighted by molar-refractivity contribution is 7.84. The topological polar surface area (TPSA) is 49.3 Å². The van der Waals surface area contributed by atoms with E-state index in [0.29, 0.717) is 21.7 Å². The van der Waals surface area contributed by atoms with Gasteiger partial charge in [0.15, 0.2) is 5.60 Å². The standard InChI is InChI=1S/C15H15NO2S/c1-3-11(19)9-8-10(2)15(18)12-6-4-5-7-13(12)16-14(15)17/h3-9,18-19H,1H2,2H3,(H,16,17)/b10-8+,11-9+. The van der Waals surface area contributed by atoms with Crippen LogP contribution in [-0.2, 0) is 10.4 Å². The van der Waals surface area contributed by atoms with Crippen molar-refractivity contribution in [2.24, 2.45) is 0 Å². The van der Waals surface area contributed by atoms with E-state index in [1.54, 1.807) is 43.4 Å². The van der Waals surface area contributed by atoms with Gasteiger partial charge in [-0.3, -0.25) is 4.79 Å². The van der Waals surface area contributed by atoms with Crippen molar-refractivity contribution in [1.29, 1.82) is 0 Å². The van der Waals surface area contributed by atoms with E-state index in [2.05, 4.69) is 24.5 Å². The first kappa shape index (κ1) is 13.6. The summed E-state index contributed by atoms with van der Waals surface area (Å²) in [4.78, 5) is 12.7. The Balaban J connectivity index is 2.48. The fourth-order valence-corrected chi connectivity index (χ4v) is 2.11. The van der Waals surface area contributed by atoms with Gasteiger partial charge < -0.3 is 10.4 Å². The molecule has 2 rings (SSSR count). The number of allylic oxidation sites excluding steroid dienone is 3. The van der Waals surface area contributed by atoms with Gasteiger partial charge in [0.2, 0.25) is 0 Å². The van der Waals surface area contributed by atoms with Crippen molar-refractivity contribution in [1.82, 2.24) is 0 Å². The van der Waals surface area contributed by atoms with Crippen molar-refractivity contribution in [3.63, 3.8) is 0 Å². The zero-order chi connectivity index (χ0) is 14.0. The third-order valence-electron chi connectivity index (χ3n) is 3.18. The number of benzene rings is 1. The molecule has 1 atom stereocenters. The maximum atomic E-state index is 12.0. The Hall–Kier alpha value is -1.78. The van der Waals surface area contributed by atoms with Gasteiger partial charge in [-0.15, -0.1) is 12.6 Å². The number of carbonyl (C=O) groups is 1. The minimum atomic E-state index is -1.62. The molecule has 1 aromatic carbocycles. The van der Waals surface area contributed by atoms with E-state index in [1.807, 2.05) is 6.07 Å². The molecule has 2 N–H and O–H groups in total. The van der Waals surface area contributed by atoms with Crippen molar-refractivity contribution in [2.75, 3.05) is 5.32 Å². The number of fused-ring (bicyclic) bond motifs is 1. The van der Waals surface area contributed by atoms with Crippen molar-refractivity contribution in [3.8, 4) is 0 Å². The fourth-order valence-electron chi connectivity index (χ4n) is 2.03. The van der Waals surface area contributed by atoms with Crippen LogP contribution in [0, 0.1) is 0 Å². The summed E-state index contributed by atoms with van der Waals surface area (Å²) in [6.07, 6.45) is 4.95. The number of anilines is 1. The van der Waals surface area contributed by atoms with E-state index in [-0.39, 0.29) is 0 Å². The molecule has 0 aromatic heterocycles. The second-order valence-electron chi connectivity index (χ2n) is 4.36. The lowest BCUT2D eigenvalue weighted by Crippen LogP contribution is -2.35. The molecule has 0 bridgehead atoms. The predicted molar refractivity (Wildman–Crippen MR) is 80.0 cm³/mol. The second kappa shape index (κ2) is 5.07. The van der Waals surface area contributed by atoms with Crippen molar-refractivity contribution in [3.05, 3.63) is 65.1 Å². The summed E-state index contributed by atoms with van der Waals surface area (Å²) < 4.78 is 0. The molecule has 3 nitrogen and oxygen atoms in total. The minimum Gasteiger partial charge on any atom is -0.372 e. The molecular formula is C15H15NO2S. The van der Waals surface area contributed by atoms with Gasteiger partial charge in [-0.2, -0.15) is 0 Å². The van der Waals surface area contributed by atoms with Gasteiger partial charge in [-0.05, 0) is 24.6 Å². The van der Waals surface area contributed by atoms with Crippen LogP contribution in [0.5, 0.6) is 0 Å². The maximum Gasteiger partial charge on any atom is 0.265 e. The lowest BCUT2D eigenvalue weighted by Gasteiger charge is -2.21. The first-order valence-electron chi connectivity index (χ1n) is 5.84. The highest BCUT2D eigenvalue weighted by Gasteiger charge is 2.46. The van der Waals surface area contributed by atoms with Gasteiger partial charge in [-0.1, -0.05) is 36.9 Å². The van der Waals surface area contributed by atoms with Gasteiger partial charge in [0.25, 0.3) is 5.91 Å². The van der Waals surface area contributed by atoms with Crippen LogP contribution in [-0.4, -0.2) is 11.0 Å². The molecule has 0 spiro atoms. The van der Waals surface area contributed by atoms with E-state index in [1.165, 1.54) is 0 Å². The fraction of sp³-hybridized carbons (Fsp3) is 0.133. The Morgan fingerprint density at radius 1 is 1.42 bits per heavy atom. The van der Waals surface area contributed by atoms with Crippen LogP contribution < -0.4 is 5.32 Å². The third kappa shape index (κ3) is 2.25. The molecule has 1 aliphatic rings. The SMILES string of the molecule is C=C/C(S)=C\C=C(/C)C1(O)C(=O)Nc2ccccc21. The number of aliphatic hydroxyl groups is 1. The zero-order valence-electron chi connectivity index (χ0n) is 10.6. The van der Waals surface area contributed by atoms with Gasteiger partial charge in [-0.25, -0.2) is 0 Å². The zero-order valence-corrected chi connectivity index (χ0v) is 11.4. The molecule has 19 heavy (non-hydrogen) atoms. The van der Waals surface area contributed by atoms with Gasteiger partial charge in [0.05, 0.1) is 0 Å². The van der Waals surface area contributed by atoms with Crippen LogP contribution in [0.2, 0.25) is 0 Å². The van der Waals surface area contributed by atoms with E-state index >= 15 is 0 Å². The van der Waals surface area contributed by atoms with Crippen molar-refractivity contribution >= 4 is 24.2 Å². The molecule has 4 heteroatoms. The highest BCUT2D eigenvalue weighted by Crippen LogP contribution is 2.40. The number of para-hydroxylation sites is 1. The molecule has 1 heterocycles. The Morgan fingerprint density at radius 3 is 2.79 bits per heavy atom. The maximum absolute atomic E-state index is 12.0. The predicted octanol–water partition coefficient (Wildman–Crippen LogP) is 2.77. The number of thiol groups is 1. The molecule has 1 aromatic rings. The number of nitrogens with one attached hydrogen (secondary N) is 1. The van der Waals surface area contributed by atoms with E-state index in [0.717, 1.165) is 0 Å². The molecule has 0 saturated heterocycles. The van der Waals surface area contributed by atoms with Gasteiger partial charge in [0, 0.05) is 16.2 Å². The van der Waals surface area contributed by atoms with Crippen molar-refractivity contribution in [2.45, 2.75) is 12.5 Å². The number of carbonyl (C=O) groups excluding carboxylic acids is 1. The van der Waals surface area contributed by atoms with Gasteiger partial charge >= 0.3 is 0 Å². The molecule has 0 radical (unpaired) electrons. The summed E-state index contributed by atoms with van der Waals surface area (Å²) in [7, 11) is 0. The van der Waals surface area contributed by atoms with E-state index in [4.69, 9.17) is 0 Å². The molecule has 0 saturated carbocycles. The number of hydrogen-bond acceptors (Lipinski definition) is 3. The van der Waals surface area contributed by atoms with Crippen LogP contribution in [0.1, 0.15) is 12.5 Å². The molecule has 1 amide bonds. The molecule has 1 unspecified atom stereocenters. The Labute approximate surface area is 117 Å². The normalized spacial score (nSPS) is 23.0.